The van der Waals surface area contributed by atoms with Gasteiger partial charge in [-0.15, -0.1) is 0 Å². The summed E-state index contributed by atoms with van der Waals surface area (Å²) in [5, 5.41) is 0. The van der Waals surface area contributed by atoms with Crippen molar-refractivity contribution in [1.82, 2.24) is 0 Å². The van der Waals surface area contributed by atoms with Gasteiger partial charge in [0, 0.05) is 18.8 Å². The van der Waals surface area contributed by atoms with Gasteiger partial charge in [-0.2, -0.15) is 0 Å². The van der Waals surface area contributed by atoms with Crippen LogP contribution in [-0.4, -0.2) is 18.6 Å². The third-order valence-electron chi connectivity index (χ3n) is 5.34. The number of hydrogen-bond donors (Lipinski definition) is 1. The Balaban J connectivity index is 1.93. The average Bonchev–Trinajstić information content (AvgIpc) is 2.76. The van der Waals surface area contributed by atoms with Crippen molar-refractivity contribution < 1.29 is 4.39 Å². The Morgan fingerprint density at radius 2 is 2.20 bits per heavy atom. The van der Waals surface area contributed by atoms with Crippen LogP contribution in [0.4, 0.5) is 10.1 Å². The number of fused-ring (bicyclic) bond motifs is 1. The van der Waals surface area contributed by atoms with Crippen molar-refractivity contribution in [3.8, 4) is 0 Å². The zero-order valence-electron chi connectivity index (χ0n) is 12.4. The molecule has 0 saturated heterocycles. The number of nitrogens with zero attached hydrogens (tertiary/aromatic N) is 1. The lowest BCUT2D eigenvalue weighted by Crippen LogP contribution is -2.53. The predicted octanol–water partition coefficient (Wildman–Crippen LogP) is 3.49. The third-order valence-corrected chi connectivity index (χ3v) is 5.34. The quantitative estimate of drug-likeness (QED) is 0.838. The van der Waals surface area contributed by atoms with Crippen molar-refractivity contribution in [2.24, 2.45) is 11.7 Å². The topological polar surface area (TPSA) is 29.3 Å². The molecule has 3 rings (SSSR count). The SMILES string of the molecule is CC1CCCC(CN)(N2CCc3ccc(F)cc32)CC1. The Labute approximate surface area is 121 Å². The number of benzene rings is 1. The number of halogens is 1. The second kappa shape index (κ2) is 5.36. The maximum atomic E-state index is 13.6. The van der Waals surface area contributed by atoms with E-state index >= 15 is 0 Å². The minimum atomic E-state index is -0.134. The second-order valence-corrected chi connectivity index (χ2v) is 6.64. The van der Waals surface area contributed by atoms with Gasteiger partial charge in [0.15, 0.2) is 0 Å². The zero-order chi connectivity index (χ0) is 14.2. The zero-order valence-corrected chi connectivity index (χ0v) is 12.4. The minimum Gasteiger partial charge on any atom is -0.364 e. The fraction of sp³-hybridized carbons (Fsp3) is 0.647. The summed E-state index contributed by atoms with van der Waals surface area (Å²) in [6, 6.07) is 5.22. The van der Waals surface area contributed by atoms with Gasteiger partial charge in [0.2, 0.25) is 0 Å². The molecule has 0 bridgehead atoms. The Morgan fingerprint density at radius 1 is 1.35 bits per heavy atom. The molecule has 1 aromatic rings. The molecule has 20 heavy (non-hydrogen) atoms. The van der Waals surface area contributed by atoms with Gasteiger partial charge >= 0.3 is 0 Å². The molecule has 0 radical (unpaired) electrons. The van der Waals surface area contributed by atoms with E-state index in [0.717, 1.165) is 37.4 Å². The molecule has 0 aromatic heterocycles. The molecule has 2 nitrogen and oxygen atoms in total. The lowest BCUT2D eigenvalue weighted by atomic mass is 9.87. The maximum Gasteiger partial charge on any atom is 0.125 e. The number of hydrogen-bond acceptors (Lipinski definition) is 2. The molecule has 1 heterocycles. The molecule has 1 aliphatic carbocycles. The van der Waals surface area contributed by atoms with Gasteiger partial charge in [0.05, 0.1) is 5.54 Å². The van der Waals surface area contributed by atoms with Crippen LogP contribution >= 0.6 is 0 Å². The molecule has 1 fully saturated rings. The van der Waals surface area contributed by atoms with Crippen LogP contribution in [0.3, 0.4) is 0 Å². The van der Waals surface area contributed by atoms with E-state index in [0.29, 0.717) is 6.54 Å². The molecule has 2 N–H and O–H groups in total. The lowest BCUT2D eigenvalue weighted by Gasteiger charge is -2.43. The highest BCUT2D eigenvalue weighted by atomic mass is 19.1. The van der Waals surface area contributed by atoms with E-state index < -0.39 is 0 Å². The summed E-state index contributed by atoms with van der Waals surface area (Å²) < 4.78 is 13.6. The molecule has 110 valence electrons. The van der Waals surface area contributed by atoms with Crippen molar-refractivity contribution in [2.45, 2.75) is 51.0 Å². The van der Waals surface area contributed by atoms with Gasteiger partial charge in [-0.3, -0.25) is 0 Å². The monoisotopic (exact) mass is 276 g/mol. The van der Waals surface area contributed by atoms with Crippen molar-refractivity contribution >= 4 is 5.69 Å². The Kier molecular flexibility index (Phi) is 3.72. The molecule has 0 spiro atoms. The largest absolute Gasteiger partial charge is 0.364 e. The Hall–Kier alpha value is -1.09. The molecule has 1 aromatic carbocycles. The molecule has 2 atom stereocenters. The fourth-order valence-corrected chi connectivity index (χ4v) is 3.99. The maximum absolute atomic E-state index is 13.6. The Morgan fingerprint density at radius 3 is 3.00 bits per heavy atom. The van der Waals surface area contributed by atoms with Crippen LogP contribution in [0.15, 0.2) is 18.2 Å². The van der Waals surface area contributed by atoms with Crippen molar-refractivity contribution in [3.05, 3.63) is 29.6 Å². The molecule has 3 heteroatoms. The van der Waals surface area contributed by atoms with E-state index in [1.807, 2.05) is 6.07 Å². The highest BCUT2D eigenvalue weighted by Gasteiger charge is 2.39. The summed E-state index contributed by atoms with van der Waals surface area (Å²) in [7, 11) is 0. The minimum absolute atomic E-state index is 0.0454. The van der Waals surface area contributed by atoms with E-state index in [1.165, 1.54) is 24.8 Å². The molecular formula is C17H25FN2. The van der Waals surface area contributed by atoms with Gasteiger partial charge in [0.25, 0.3) is 0 Å². The van der Waals surface area contributed by atoms with Crippen LogP contribution in [0.1, 0.15) is 44.6 Å². The first-order valence-electron chi connectivity index (χ1n) is 7.91. The highest BCUT2D eigenvalue weighted by Crippen LogP contribution is 2.41. The number of nitrogens with two attached hydrogens (primary N) is 1. The molecular weight excluding hydrogens is 251 g/mol. The first kappa shape index (κ1) is 13.9. The van der Waals surface area contributed by atoms with Gasteiger partial charge in [-0.05, 0) is 49.3 Å². The highest BCUT2D eigenvalue weighted by molar-refractivity contribution is 5.60. The summed E-state index contributed by atoms with van der Waals surface area (Å²) in [5.74, 6) is 0.655. The molecule has 0 amide bonds. The summed E-state index contributed by atoms with van der Waals surface area (Å²) in [6.45, 7) is 4.00. The summed E-state index contributed by atoms with van der Waals surface area (Å²) in [5.41, 5.74) is 8.60. The van der Waals surface area contributed by atoms with E-state index in [9.17, 15) is 4.39 Å². The van der Waals surface area contributed by atoms with Crippen molar-refractivity contribution in [3.63, 3.8) is 0 Å². The molecule has 2 aliphatic rings. The standard InChI is InChI=1S/C17H25FN2/c1-13-3-2-8-17(12-19,9-6-13)20-10-7-14-4-5-15(18)11-16(14)20/h4-5,11,13H,2-3,6-10,12,19H2,1H3. The van der Waals surface area contributed by atoms with Gasteiger partial charge in [-0.25, -0.2) is 4.39 Å². The van der Waals surface area contributed by atoms with Gasteiger partial charge in [0.1, 0.15) is 5.82 Å². The van der Waals surface area contributed by atoms with E-state index in [2.05, 4.69) is 11.8 Å². The van der Waals surface area contributed by atoms with E-state index in [-0.39, 0.29) is 11.4 Å². The predicted molar refractivity (Wildman–Crippen MR) is 81.5 cm³/mol. The number of rotatable bonds is 2. The molecule has 1 aliphatic heterocycles. The summed E-state index contributed by atoms with van der Waals surface area (Å²) >= 11 is 0. The van der Waals surface area contributed by atoms with Crippen molar-refractivity contribution in [2.75, 3.05) is 18.0 Å². The Bertz CT molecular complexity index is 488. The first-order chi connectivity index (χ1) is 9.64. The van der Waals surface area contributed by atoms with E-state index in [4.69, 9.17) is 5.73 Å². The lowest BCUT2D eigenvalue weighted by molar-refractivity contribution is 0.348. The van der Waals surface area contributed by atoms with Crippen LogP contribution in [0.2, 0.25) is 0 Å². The van der Waals surface area contributed by atoms with Gasteiger partial charge in [-0.1, -0.05) is 25.8 Å². The van der Waals surface area contributed by atoms with Crippen LogP contribution < -0.4 is 10.6 Å². The third kappa shape index (κ3) is 2.32. The van der Waals surface area contributed by atoms with Crippen LogP contribution in [0.25, 0.3) is 0 Å². The van der Waals surface area contributed by atoms with Crippen LogP contribution in [-0.2, 0) is 6.42 Å². The normalized spacial score (nSPS) is 30.1. The first-order valence-corrected chi connectivity index (χ1v) is 7.91. The molecule has 2 unspecified atom stereocenters. The molecule has 1 saturated carbocycles. The van der Waals surface area contributed by atoms with Crippen LogP contribution in [0.5, 0.6) is 0 Å². The van der Waals surface area contributed by atoms with Crippen molar-refractivity contribution in [1.29, 1.82) is 0 Å². The fourth-order valence-electron chi connectivity index (χ4n) is 3.99. The number of anilines is 1. The van der Waals surface area contributed by atoms with Crippen LogP contribution in [0, 0.1) is 11.7 Å². The summed E-state index contributed by atoms with van der Waals surface area (Å²) in [6.07, 6.45) is 7.07. The smallest absolute Gasteiger partial charge is 0.125 e. The summed E-state index contributed by atoms with van der Waals surface area (Å²) in [4.78, 5) is 2.42. The van der Waals surface area contributed by atoms with Gasteiger partial charge < -0.3 is 10.6 Å². The average molecular weight is 276 g/mol. The second-order valence-electron chi connectivity index (χ2n) is 6.64. The van der Waals surface area contributed by atoms with E-state index in [1.54, 1.807) is 12.1 Å².